The summed E-state index contributed by atoms with van der Waals surface area (Å²) in [4.78, 5) is 37.7. The molecule has 1 amide bonds. The number of carbonyl (C=O) groups is 1. The molecule has 1 aliphatic heterocycles. The molecule has 0 atom stereocenters. The van der Waals surface area contributed by atoms with Gasteiger partial charge in [-0.2, -0.15) is 4.31 Å². The zero-order valence-electron chi connectivity index (χ0n) is 19.8. The van der Waals surface area contributed by atoms with Crippen LogP contribution in [0, 0.1) is 17.0 Å². The molecular formula is C23H26N6O6S. The van der Waals surface area contributed by atoms with Crippen LogP contribution >= 0.6 is 0 Å². The topological polar surface area (TPSA) is 140 Å². The predicted octanol–water partition coefficient (Wildman–Crippen LogP) is 1.34. The highest BCUT2D eigenvalue weighted by molar-refractivity contribution is 7.89. The Labute approximate surface area is 207 Å². The first-order valence-corrected chi connectivity index (χ1v) is 12.6. The minimum absolute atomic E-state index is 0.00449. The average molecular weight is 515 g/mol. The largest absolute Gasteiger partial charge is 0.319 e. The summed E-state index contributed by atoms with van der Waals surface area (Å²) in [5.41, 5.74) is 0.962. The second-order valence-electron chi connectivity index (χ2n) is 8.42. The Hall–Kier alpha value is -3.81. The number of nitro benzene ring substituents is 1. The van der Waals surface area contributed by atoms with Crippen LogP contribution in [-0.4, -0.2) is 70.5 Å². The van der Waals surface area contributed by atoms with Crippen molar-refractivity contribution in [3.8, 4) is 5.69 Å². The third-order valence-corrected chi connectivity index (χ3v) is 8.12. The number of amides is 1. The van der Waals surface area contributed by atoms with E-state index in [1.165, 1.54) is 21.1 Å². The number of nitrogens with zero attached hydrogens (tertiary/aromatic N) is 5. The molecule has 0 unspecified atom stereocenters. The maximum atomic E-state index is 13.0. The van der Waals surface area contributed by atoms with E-state index in [4.69, 9.17) is 0 Å². The van der Waals surface area contributed by atoms with Gasteiger partial charge in [-0.25, -0.2) is 13.1 Å². The van der Waals surface area contributed by atoms with Crippen molar-refractivity contribution in [3.05, 3.63) is 80.8 Å². The molecule has 0 bridgehead atoms. The number of aromatic nitrogens is 2. The van der Waals surface area contributed by atoms with Crippen LogP contribution < -0.4 is 10.9 Å². The summed E-state index contributed by atoms with van der Waals surface area (Å²) in [5, 5.41) is 13.5. The monoisotopic (exact) mass is 514 g/mol. The lowest BCUT2D eigenvalue weighted by atomic mass is 10.3. The summed E-state index contributed by atoms with van der Waals surface area (Å²) in [7, 11) is -2.07. The highest BCUT2D eigenvalue weighted by Gasteiger charge is 2.30. The standard InChI is InChI=1S/C23H26N6O6S/c1-17-22(23(31)28(25(17)2)18-6-4-3-5-7-18)24-21(30)16-26-12-14-27(15-13-26)36(34,35)20-10-8-19(9-11-20)29(32)33/h3-11H,12-16H2,1-2H3,(H,24,30). The van der Waals surface area contributed by atoms with E-state index in [9.17, 15) is 28.1 Å². The van der Waals surface area contributed by atoms with Crippen LogP contribution in [0.5, 0.6) is 0 Å². The first-order valence-electron chi connectivity index (χ1n) is 11.2. The molecule has 0 spiro atoms. The number of non-ortho nitro benzene ring substituents is 1. The second kappa shape index (κ2) is 10.0. The Balaban J connectivity index is 1.38. The zero-order chi connectivity index (χ0) is 26.0. The summed E-state index contributed by atoms with van der Waals surface area (Å²) < 4.78 is 30.2. The lowest BCUT2D eigenvalue weighted by Gasteiger charge is -2.33. The zero-order valence-corrected chi connectivity index (χ0v) is 20.6. The Morgan fingerprint density at radius 3 is 2.22 bits per heavy atom. The molecule has 36 heavy (non-hydrogen) atoms. The van der Waals surface area contributed by atoms with Gasteiger partial charge in [-0.05, 0) is 31.2 Å². The van der Waals surface area contributed by atoms with Crippen molar-refractivity contribution in [1.82, 2.24) is 18.6 Å². The number of nitro groups is 1. The van der Waals surface area contributed by atoms with Crippen molar-refractivity contribution in [2.75, 3.05) is 38.0 Å². The van der Waals surface area contributed by atoms with Crippen LogP contribution in [-0.2, 0) is 21.9 Å². The molecule has 12 nitrogen and oxygen atoms in total. The van der Waals surface area contributed by atoms with Gasteiger partial charge in [0.15, 0.2) is 0 Å². The van der Waals surface area contributed by atoms with E-state index in [1.54, 1.807) is 30.8 Å². The average Bonchev–Trinajstić information content (AvgIpc) is 3.07. The van der Waals surface area contributed by atoms with Gasteiger partial charge in [0.2, 0.25) is 15.9 Å². The Kier molecular flexibility index (Phi) is 7.06. The van der Waals surface area contributed by atoms with Crippen LogP contribution in [0.2, 0.25) is 0 Å². The Morgan fingerprint density at radius 2 is 1.64 bits per heavy atom. The van der Waals surface area contributed by atoms with Crippen molar-refractivity contribution < 1.29 is 18.1 Å². The second-order valence-corrected chi connectivity index (χ2v) is 10.4. The molecule has 0 saturated carbocycles. The van der Waals surface area contributed by atoms with Gasteiger partial charge in [-0.3, -0.25) is 29.3 Å². The molecule has 3 aromatic rings. The van der Waals surface area contributed by atoms with E-state index in [0.717, 1.165) is 12.1 Å². The fraction of sp³-hybridized carbons (Fsp3) is 0.304. The summed E-state index contributed by atoms with van der Waals surface area (Å²) in [6.07, 6.45) is 0. The van der Waals surface area contributed by atoms with E-state index in [0.29, 0.717) is 24.5 Å². The summed E-state index contributed by atoms with van der Waals surface area (Å²) in [5.74, 6) is -0.368. The van der Waals surface area contributed by atoms with Crippen molar-refractivity contribution in [3.63, 3.8) is 0 Å². The highest BCUT2D eigenvalue weighted by Crippen LogP contribution is 2.21. The predicted molar refractivity (Wildman–Crippen MR) is 133 cm³/mol. The maximum absolute atomic E-state index is 13.0. The van der Waals surface area contributed by atoms with Crippen molar-refractivity contribution >= 4 is 27.3 Å². The van der Waals surface area contributed by atoms with Crippen LogP contribution in [0.3, 0.4) is 0 Å². The van der Waals surface area contributed by atoms with Gasteiger partial charge in [-0.1, -0.05) is 18.2 Å². The van der Waals surface area contributed by atoms with Crippen LogP contribution in [0.4, 0.5) is 11.4 Å². The molecule has 2 aromatic carbocycles. The van der Waals surface area contributed by atoms with E-state index in [1.807, 2.05) is 23.1 Å². The number of anilines is 1. The van der Waals surface area contributed by atoms with Gasteiger partial charge < -0.3 is 5.32 Å². The maximum Gasteiger partial charge on any atom is 0.295 e. The molecule has 0 aliphatic carbocycles. The number of hydrogen-bond donors (Lipinski definition) is 1. The van der Waals surface area contributed by atoms with Gasteiger partial charge >= 0.3 is 0 Å². The number of rotatable bonds is 7. The van der Waals surface area contributed by atoms with Gasteiger partial charge in [0, 0.05) is 45.4 Å². The molecule has 4 rings (SSSR count). The quantitative estimate of drug-likeness (QED) is 0.371. The summed E-state index contributed by atoms with van der Waals surface area (Å²) in [6.45, 7) is 2.72. The van der Waals surface area contributed by atoms with E-state index in [2.05, 4.69) is 5.32 Å². The molecule has 1 saturated heterocycles. The normalized spacial score (nSPS) is 15.1. The number of sulfonamides is 1. The fourth-order valence-corrected chi connectivity index (χ4v) is 5.53. The molecule has 1 aliphatic rings. The molecule has 1 aromatic heterocycles. The molecular weight excluding hydrogens is 488 g/mol. The lowest BCUT2D eigenvalue weighted by Crippen LogP contribution is -2.50. The number of hydrogen-bond acceptors (Lipinski definition) is 7. The third kappa shape index (κ3) is 4.94. The Morgan fingerprint density at radius 1 is 1.03 bits per heavy atom. The first kappa shape index (κ1) is 25.3. The number of nitrogens with one attached hydrogen (secondary N) is 1. The van der Waals surface area contributed by atoms with Crippen molar-refractivity contribution in [2.24, 2.45) is 7.05 Å². The fourth-order valence-electron chi connectivity index (χ4n) is 4.11. The van der Waals surface area contributed by atoms with Crippen LogP contribution in [0.25, 0.3) is 5.69 Å². The SMILES string of the molecule is Cc1c(NC(=O)CN2CCN(S(=O)(=O)c3ccc([N+](=O)[O-])cc3)CC2)c(=O)n(-c2ccccc2)n1C. The summed E-state index contributed by atoms with van der Waals surface area (Å²) in [6, 6.07) is 13.9. The number of carbonyl (C=O) groups excluding carboxylic acids is 1. The number of para-hydroxylation sites is 1. The highest BCUT2D eigenvalue weighted by atomic mass is 32.2. The molecule has 190 valence electrons. The molecule has 0 radical (unpaired) electrons. The number of piperazine rings is 1. The van der Waals surface area contributed by atoms with Gasteiger partial charge in [0.1, 0.15) is 5.69 Å². The van der Waals surface area contributed by atoms with Crippen LogP contribution in [0.1, 0.15) is 5.69 Å². The third-order valence-electron chi connectivity index (χ3n) is 6.20. The minimum Gasteiger partial charge on any atom is -0.319 e. The molecule has 13 heteroatoms. The van der Waals surface area contributed by atoms with E-state index >= 15 is 0 Å². The Bertz CT molecular complexity index is 1440. The molecule has 1 fully saturated rings. The van der Waals surface area contributed by atoms with Crippen molar-refractivity contribution in [2.45, 2.75) is 11.8 Å². The first-order chi connectivity index (χ1) is 17.1. The molecule has 2 heterocycles. The van der Waals surface area contributed by atoms with E-state index in [-0.39, 0.29) is 47.4 Å². The van der Waals surface area contributed by atoms with Gasteiger partial charge in [-0.15, -0.1) is 0 Å². The smallest absolute Gasteiger partial charge is 0.295 e. The minimum atomic E-state index is -3.81. The van der Waals surface area contributed by atoms with Crippen LogP contribution in [0.15, 0.2) is 64.3 Å². The molecule has 1 N–H and O–H groups in total. The lowest BCUT2D eigenvalue weighted by molar-refractivity contribution is -0.384. The van der Waals surface area contributed by atoms with E-state index < -0.39 is 14.9 Å². The summed E-state index contributed by atoms with van der Waals surface area (Å²) >= 11 is 0. The van der Waals surface area contributed by atoms with Gasteiger partial charge in [0.25, 0.3) is 11.2 Å². The number of benzene rings is 2. The van der Waals surface area contributed by atoms with Crippen molar-refractivity contribution in [1.29, 1.82) is 0 Å². The van der Waals surface area contributed by atoms with Gasteiger partial charge in [0.05, 0.1) is 27.7 Å².